The van der Waals surface area contributed by atoms with Gasteiger partial charge in [-0.2, -0.15) is 0 Å². The Morgan fingerprint density at radius 2 is 2.00 bits per heavy atom. The molecule has 0 aromatic heterocycles. The fourth-order valence-electron chi connectivity index (χ4n) is 2.28. The third-order valence-corrected chi connectivity index (χ3v) is 3.66. The first kappa shape index (κ1) is 12.8. The molecule has 0 radical (unpaired) electrons. The van der Waals surface area contributed by atoms with Crippen LogP contribution in [0, 0.1) is 5.92 Å². The van der Waals surface area contributed by atoms with E-state index >= 15 is 0 Å². The Balaban J connectivity index is 2.10. The van der Waals surface area contributed by atoms with Crippen LogP contribution < -0.4 is 5.32 Å². The second kappa shape index (κ2) is 5.78. The van der Waals surface area contributed by atoms with E-state index in [-0.39, 0.29) is 5.56 Å². The van der Waals surface area contributed by atoms with E-state index in [1.807, 2.05) is 0 Å². The average Bonchev–Trinajstić information content (AvgIpc) is 2.33. The largest absolute Gasteiger partial charge is 0.317 e. The lowest BCUT2D eigenvalue weighted by molar-refractivity contribution is 0.151. The molecule has 0 amide bonds. The molecular formula is C13H16ClF2N. The molecule has 1 aromatic carbocycles. The van der Waals surface area contributed by atoms with Crippen LogP contribution in [0.4, 0.5) is 8.78 Å². The fourth-order valence-corrected chi connectivity index (χ4v) is 2.48. The molecule has 0 unspecified atom stereocenters. The van der Waals surface area contributed by atoms with Crippen LogP contribution in [-0.4, -0.2) is 13.1 Å². The highest BCUT2D eigenvalue weighted by Crippen LogP contribution is 2.28. The van der Waals surface area contributed by atoms with Gasteiger partial charge in [0, 0.05) is 10.6 Å². The number of nitrogens with one attached hydrogen (secondary N) is 1. The third kappa shape index (κ3) is 3.39. The van der Waals surface area contributed by atoms with Gasteiger partial charge in [-0.3, -0.25) is 0 Å². The molecule has 1 aliphatic rings. The monoisotopic (exact) mass is 259 g/mol. The first-order valence-electron chi connectivity index (χ1n) is 5.94. The number of benzene rings is 1. The van der Waals surface area contributed by atoms with Gasteiger partial charge < -0.3 is 5.32 Å². The number of hydrogen-bond acceptors (Lipinski definition) is 1. The van der Waals surface area contributed by atoms with Crippen molar-refractivity contribution in [2.24, 2.45) is 5.92 Å². The summed E-state index contributed by atoms with van der Waals surface area (Å²) in [5, 5.41) is 3.90. The summed E-state index contributed by atoms with van der Waals surface area (Å²) in [6.07, 6.45) is 0.574. The van der Waals surface area contributed by atoms with E-state index in [0.29, 0.717) is 10.9 Å². The summed E-state index contributed by atoms with van der Waals surface area (Å²) in [6, 6.07) is 4.54. The molecule has 0 saturated carbocycles. The van der Waals surface area contributed by atoms with Gasteiger partial charge in [-0.1, -0.05) is 17.7 Å². The zero-order chi connectivity index (χ0) is 12.3. The summed E-state index contributed by atoms with van der Waals surface area (Å²) in [5.41, 5.74) is 0.926. The van der Waals surface area contributed by atoms with E-state index in [4.69, 9.17) is 11.6 Å². The minimum absolute atomic E-state index is 0.0679. The molecule has 1 heterocycles. The van der Waals surface area contributed by atoms with Crippen LogP contribution in [0.1, 0.15) is 30.4 Å². The Labute approximate surface area is 105 Å². The lowest BCUT2D eigenvalue weighted by Gasteiger charge is -2.23. The van der Waals surface area contributed by atoms with Crippen molar-refractivity contribution in [3.05, 3.63) is 34.3 Å². The lowest BCUT2D eigenvalue weighted by Crippen LogP contribution is -2.28. The highest BCUT2D eigenvalue weighted by molar-refractivity contribution is 6.31. The van der Waals surface area contributed by atoms with Crippen molar-refractivity contribution < 1.29 is 8.78 Å². The van der Waals surface area contributed by atoms with Crippen molar-refractivity contribution in [2.75, 3.05) is 13.1 Å². The molecule has 2 rings (SSSR count). The van der Waals surface area contributed by atoms with E-state index < -0.39 is 6.43 Å². The molecule has 1 N–H and O–H groups in total. The Kier molecular flexibility index (Phi) is 4.35. The highest BCUT2D eigenvalue weighted by atomic mass is 35.5. The lowest BCUT2D eigenvalue weighted by atomic mass is 9.90. The van der Waals surface area contributed by atoms with E-state index in [2.05, 4.69) is 5.32 Å². The molecule has 0 spiro atoms. The van der Waals surface area contributed by atoms with Gasteiger partial charge in [0.2, 0.25) is 0 Å². The van der Waals surface area contributed by atoms with Gasteiger partial charge in [0.25, 0.3) is 6.43 Å². The normalized spacial score (nSPS) is 17.6. The zero-order valence-electron chi connectivity index (χ0n) is 9.56. The van der Waals surface area contributed by atoms with Crippen molar-refractivity contribution in [1.82, 2.24) is 5.32 Å². The maximum Gasteiger partial charge on any atom is 0.263 e. The SMILES string of the molecule is FC(F)c1ccc(Cl)c(CC2CCNCC2)c1. The summed E-state index contributed by atoms with van der Waals surface area (Å²) >= 11 is 6.06. The quantitative estimate of drug-likeness (QED) is 0.870. The van der Waals surface area contributed by atoms with Crippen LogP contribution in [0.25, 0.3) is 0 Å². The van der Waals surface area contributed by atoms with Crippen LogP contribution in [0.15, 0.2) is 18.2 Å². The number of piperidine rings is 1. The van der Waals surface area contributed by atoms with E-state index in [1.165, 1.54) is 6.07 Å². The Hall–Kier alpha value is -0.670. The maximum atomic E-state index is 12.6. The zero-order valence-corrected chi connectivity index (χ0v) is 10.3. The highest BCUT2D eigenvalue weighted by Gasteiger charge is 2.16. The van der Waals surface area contributed by atoms with Crippen LogP contribution in [0.5, 0.6) is 0 Å². The summed E-state index contributed by atoms with van der Waals surface area (Å²) in [5.74, 6) is 0.557. The van der Waals surface area contributed by atoms with Crippen molar-refractivity contribution in [3.8, 4) is 0 Å². The summed E-state index contributed by atoms with van der Waals surface area (Å²) < 4.78 is 25.2. The molecule has 94 valence electrons. The first-order valence-corrected chi connectivity index (χ1v) is 6.32. The van der Waals surface area contributed by atoms with Gasteiger partial charge in [-0.15, -0.1) is 0 Å². The second-order valence-electron chi connectivity index (χ2n) is 4.55. The van der Waals surface area contributed by atoms with E-state index in [9.17, 15) is 8.78 Å². The predicted octanol–water partition coefficient (Wildman–Crippen LogP) is 3.82. The topological polar surface area (TPSA) is 12.0 Å². The standard InChI is InChI=1S/C13H16ClF2N/c14-12-2-1-10(13(15)16)8-11(12)7-9-3-5-17-6-4-9/h1-2,8-9,13,17H,3-7H2. The molecule has 1 nitrogen and oxygen atoms in total. The van der Waals surface area contributed by atoms with E-state index in [1.54, 1.807) is 12.1 Å². The van der Waals surface area contributed by atoms with Gasteiger partial charge in [0.15, 0.2) is 0 Å². The van der Waals surface area contributed by atoms with Crippen molar-refractivity contribution in [2.45, 2.75) is 25.7 Å². The van der Waals surface area contributed by atoms with Crippen LogP contribution in [-0.2, 0) is 6.42 Å². The number of hydrogen-bond donors (Lipinski definition) is 1. The minimum Gasteiger partial charge on any atom is -0.317 e. The minimum atomic E-state index is -2.42. The molecule has 1 saturated heterocycles. The fraction of sp³-hybridized carbons (Fsp3) is 0.538. The second-order valence-corrected chi connectivity index (χ2v) is 4.96. The van der Waals surface area contributed by atoms with Crippen LogP contribution in [0.3, 0.4) is 0 Å². The summed E-state index contributed by atoms with van der Waals surface area (Å²) in [4.78, 5) is 0. The molecule has 0 aliphatic carbocycles. The molecular weight excluding hydrogens is 244 g/mol. The Bertz CT molecular complexity index is 376. The van der Waals surface area contributed by atoms with Gasteiger partial charge in [-0.25, -0.2) is 8.78 Å². The number of alkyl halides is 2. The maximum absolute atomic E-state index is 12.6. The van der Waals surface area contributed by atoms with Crippen LogP contribution in [0.2, 0.25) is 5.02 Å². The summed E-state index contributed by atoms with van der Waals surface area (Å²) in [7, 11) is 0. The number of rotatable bonds is 3. The number of halogens is 3. The van der Waals surface area contributed by atoms with Gasteiger partial charge >= 0.3 is 0 Å². The molecule has 4 heteroatoms. The van der Waals surface area contributed by atoms with Crippen molar-refractivity contribution in [1.29, 1.82) is 0 Å². The van der Waals surface area contributed by atoms with E-state index in [0.717, 1.165) is 37.9 Å². The van der Waals surface area contributed by atoms with Crippen LogP contribution >= 0.6 is 11.6 Å². The molecule has 1 aromatic rings. The molecule has 0 bridgehead atoms. The summed E-state index contributed by atoms with van der Waals surface area (Å²) in [6.45, 7) is 2.02. The smallest absolute Gasteiger partial charge is 0.263 e. The van der Waals surface area contributed by atoms with Gasteiger partial charge in [0.1, 0.15) is 0 Å². The van der Waals surface area contributed by atoms with Crippen molar-refractivity contribution >= 4 is 11.6 Å². The molecule has 1 aliphatic heterocycles. The van der Waals surface area contributed by atoms with Gasteiger partial charge in [0.05, 0.1) is 0 Å². The Morgan fingerprint density at radius 3 is 2.65 bits per heavy atom. The first-order chi connectivity index (χ1) is 8.16. The third-order valence-electron chi connectivity index (χ3n) is 3.29. The molecule has 17 heavy (non-hydrogen) atoms. The Morgan fingerprint density at radius 1 is 1.29 bits per heavy atom. The molecule has 0 atom stereocenters. The predicted molar refractivity (Wildman–Crippen MR) is 65.7 cm³/mol. The van der Waals surface area contributed by atoms with Crippen molar-refractivity contribution in [3.63, 3.8) is 0 Å². The molecule has 1 fully saturated rings. The van der Waals surface area contributed by atoms with Gasteiger partial charge in [-0.05, 0) is 56.0 Å². The average molecular weight is 260 g/mol.